The fourth-order valence-electron chi connectivity index (χ4n) is 2.65. The van der Waals surface area contributed by atoms with Crippen molar-refractivity contribution in [3.63, 3.8) is 0 Å². The van der Waals surface area contributed by atoms with Crippen LogP contribution < -0.4 is 4.72 Å². The van der Waals surface area contributed by atoms with Crippen molar-refractivity contribution in [3.8, 4) is 0 Å². The highest BCUT2D eigenvalue weighted by atomic mass is 32.2. The molecule has 1 unspecified atom stereocenters. The number of nitrogens with zero attached hydrogens (tertiary/aromatic N) is 1. The number of rotatable bonds is 4. The molecule has 1 atom stereocenters. The maximum Gasteiger partial charge on any atom is 0.416 e. The van der Waals surface area contributed by atoms with E-state index in [1.807, 2.05) is 6.92 Å². The second-order valence-electron chi connectivity index (χ2n) is 5.78. The molecule has 0 spiro atoms. The Labute approximate surface area is 138 Å². The zero-order chi connectivity index (χ0) is 18.0. The Bertz CT molecular complexity index is 704. The molecule has 1 N–H and O–H groups in total. The minimum Gasteiger partial charge on any atom is -0.339 e. The van der Waals surface area contributed by atoms with E-state index in [1.165, 1.54) is 0 Å². The number of halogens is 3. The van der Waals surface area contributed by atoms with Gasteiger partial charge in [-0.05, 0) is 44.4 Å². The first-order chi connectivity index (χ1) is 11.1. The van der Waals surface area contributed by atoms with Gasteiger partial charge in [0.1, 0.15) is 0 Å². The SMILES string of the molecule is CC1CCCCN1C(=O)CNS(=O)(=O)c1cccc(C(F)(F)F)c1. The Morgan fingerprint density at radius 3 is 2.67 bits per heavy atom. The van der Waals surface area contributed by atoms with E-state index < -0.39 is 33.2 Å². The highest BCUT2D eigenvalue weighted by Gasteiger charge is 2.32. The quantitative estimate of drug-likeness (QED) is 0.892. The van der Waals surface area contributed by atoms with E-state index >= 15 is 0 Å². The molecule has 1 aromatic rings. The lowest BCUT2D eigenvalue weighted by molar-refractivity contribution is -0.137. The van der Waals surface area contributed by atoms with Gasteiger partial charge >= 0.3 is 6.18 Å². The van der Waals surface area contributed by atoms with Crippen LogP contribution in [-0.2, 0) is 21.0 Å². The topological polar surface area (TPSA) is 66.5 Å². The van der Waals surface area contributed by atoms with Crippen LogP contribution in [0.2, 0.25) is 0 Å². The second-order valence-corrected chi connectivity index (χ2v) is 7.55. The van der Waals surface area contributed by atoms with Crippen molar-refractivity contribution in [2.24, 2.45) is 0 Å². The number of hydrogen-bond acceptors (Lipinski definition) is 3. The van der Waals surface area contributed by atoms with Crippen LogP contribution in [0.15, 0.2) is 29.2 Å². The lowest BCUT2D eigenvalue weighted by Crippen LogP contribution is -2.46. The molecule has 0 bridgehead atoms. The van der Waals surface area contributed by atoms with Crippen LogP contribution in [0.4, 0.5) is 13.2 Å². The van der Waals surface area contributed by atoms with Crippen molar-refractivity contribution >= 4 is 15.9 Å². The Balaban J connectivity index is 2.07. The fourth-order valence-corrected chi connectivity index (χ4v) is 3.67. The van der Waals surface area contributed by atoms with Crippen LogP contribution in [0.5, 0.6) is 0 Å². The van der Waals surface area contributed by atoms with Gasteiger partial charge < -0.3 is 4.90 Å². The molecule has 0 aliphatic carbocycles. The summed E-state index contributed by atoms with van der Waals surface area (Å²) >= 11 is 0. The van der Waals surface area contributed by atoms with Gasteiger partial charge in [0.2, 0.25) is 15.9 Å². The summed E-state index contributed by atoms with van der Waals surface area (Å²) in [4.78, 5) is 13.2. The highest BCUT2D eigenvalue weighted by Crippen LogP contribution is 2.30. The molecule has 134 valence electrons. The van der Waals surface area contributed by atoms with E-state index in [0.717, 1.165) is 37.5 Å². The normalized spacial score (nSPS) is 19.3. The third-order valence-corrected chi connectivity index (χ3v) is 5.41. The lowest BCUT2D eigenvalue weighted by atomic mass is 10.0. The Hall–Kier alpha value is -1.61. The van der Waals surface area contributed by atoms with Crippen molar-refractivity contribution in [1.29, 1.82) is 0 Å². The summed E-state index contributed by atoms with van der Waals surface area (Å²) in [6.07, 6.45) is -1.91. The van der Waals surface area contributed by atoms with Crippen LogP contribution in [0.3, 0.4) is 0 Å². The van der Waals surface area contributed by atoms with Gasteiger partial charge in [0, 0.05) is 12.6 Å². The van der Waals surface area contributed by atoms with Crippen molar-refractivity contribution in [2.45, 2.75) is 43.3 Å². The Morgan fingerprint density at radius 2 is 2.04 bits per heavy atom. The van der Waals surface area contributed by atoms with Crippen LogP contribution in [0.1, 0.15) is 31.7 Å². The highest BCUT2D eigenvalue weighted by molar-refractivity contribution is 7.89. The molecule has 1 heterocycles. The maximum atomic E-state index is 12.7. The summed E-state index contributed by atoms with van der Waals surface area (Å²) in [6.45, 7) is 1.98. The number of hydrogen-bond donors (Lipinski definition) is 1. The van der Waals surface area contributed by atoms with Gasteiger partial charge in [-0.1, -0.05) is 6.07 Å². The van der Waals surface area contributed by atoms with Gasteiger partial charge in [-0.3, -0.25) is 4.79 Å². The van der Waals surface area contributed by atoms with E-state index in [1.54, 1.807) is 4.90 Å². The van der Waals surface area contributed by atoms with Crippen LogP contribution in [-0.4, -0.2) is 38.4 Å². The van der Waals surface area contributed by atoms with Gasteiger partial charge in [0.05, 0.1) is 17.0 Å². The standard InChI is InChI=1S/C15H19F3N2O3S/c1-11-5-2-3-8-20(11)14(21)10-19-24(22,23)13-7-4-6-12(9-13)15(16,17)18/h4,6-7,9,11,19H,2-3,5,8,10H2,1H3. The molecule has 2 rings (SSSR count). The van der Waals surface area contributed by atoms with Crippen molar-refractivity contribution in [1.82, 2.24) is 9.62 Å². The number of nitrogens with one attached hydrogen (secondary N) is 1. The molecule has 1 fully saturated rings. The first-order valence-electron chi connectivity index (χ1n) is 7.57. The number of likely N-dealkylation sites (tertiary alicyclic amines) is 1. The third kappa shape index (κ3) is 4.47. The number of benzene rings is 1. The van der Waals surface area contributed by atoms with Crippen LogP contribution >= 0.6 is 0 Å². The second kappa shape index (κ2) is 7.10. The molecule has 1 saturated heterocycles. The van der Waals surface area contributed by atoms with Crippen molar-refractivity contribution < 1.29 is 26.4 Å². The summed E-state index contributed by atoms with van der Waals surface area (Å²) in [6, 6.07) is 3.46. The van der Waals surface area contributed by atoms with Crippen LogP contribution in [0, 0.1) is 0 Å². The molecule has 0 saturated carbocycles. The molecular weight excluding hydrogens is 345 g/mol. The summed E-state index contributed by atoms with van der Waals surface area (Å²) < 4.78 is 64.4. The molecule has 0 radical (unpaired) electrons. The van der Waals surface area contributed by atoms with Gasteiger partial charge in [0.25, 0.3) is 0 Å². The first-order valence-corrected chi connectivity index (χ1v) is 9.06. The van der Waals surface area contributed by atoms with E-state index in [2.05, 4.69) is 4.72 Å². The predicted molar refractivity (Wildman–Crippen MR) is 81.7 cm³/mol. The van der Waals surface area contributed by atoms with Crippen molar-refractivity contribution in [3.05, 3.63) is 29.8 Å². The number of alkyl halides is 3. The Kier molecular flexibility index (Phi) is 5.54. The molecule has 24 heavy (non-hydrogen) atoms. The lowest BCUT2D eigenvalue weighted by Gasteiger charge is -2.33. The zero-order valence-electron chi connectivity index (χ0n) is 13.1. The molecule has 1 amide bonds. The monoisotopic (exact) mass is 364 g/mol. The minimum absolute atomic E-state index is 0.0318. The Morgan fingerprint density at radius 1 is 1.33 bits per heavy atom. The first kappa shape index (κ1) is 18.7. The molecule has 1 aliphatic rings. The number of carbonyl (C=O) groups excluding carboxylic acids is 1. The predicted octanol–water partition coefficient (Wildman–Crippen LogP) is 2.38. The zero-order valence-corrected chi connectivity index (χ0v) is 14.0. The number of amides is 1. The van der Waals surface area contributed by atoms with Gasteiger partial charge in [-0.15, -0.1) is 0 Å². The smallest absolute Gasteiger partial charge is 0.339 e. The van der Waals surface area contributed by atoms with Gasteiger partial charge in [-0.2, -0.15) is 13.2 Å². The number of sulfonamides is 1. The largest absolute Gasteiger partial charge is 0.416 e. The molecule has 1 aliphatic heterocycles. The van der Waals surface area contributed by atoms with Crippen LogP contribution in [0.25, 0.3) is 0 Å². The van der Waals surface area contributed by atoms with Gasteiger partial charge in [0.15, 0.2) is 0 Å². The third-order valence-electron chi connectivity index (χ3n) is 4.01. The van der Waals surface area contributed by atoms with Crippen molar-refractivity contribution in [2.75, 3.05) is 13.1 Å². The average Bonchev–Trinajstić information content (AvgIpc) is 2.52. The molecule has 5 nitrogen and oxygen atoms in total. The summed E-state index contributed by atoms with van der Waals surface area (Å²) in [7, 11) is -4.19. The van der Waals surface area contributed by atoms with E-state index in [4.69, 9.17) is 0 Å². The summed E-state index contributed by atoms with van der Waals surface area (Å²) in [5.41, 5.74) is -1.05. The summed E-state index contributed by atoms with van der Waals surface area (Å²) in [5.74, 6) is -0.377. The fraction of sp³-hybridized carbons (Fsp3) is 0.533. The molecule has 9 heteroatoms. The molecule has 0 aromatic heterocycles. The van der Waals surface area contributed by atoms with E-state index in [-0.39, 0.29) is 11.9 Å². The average molecular weight is 364 g/mol. The minimum atomic E-state index is -4.63. The van der Waals surface area contributed by atoms with E-state index in [9.17, 15) is 26.4 Å². The number of piperidine rings is 1. The number of carbonyl (C=O) groups is 1. The maximum absolute atomic E-state index is 12.7. The van der Waals surface area contributed by atoms with Gasteiger partial charge in [-0.25, -0.2) is 13.1 Å². The van der Waals surface area contributed by atoms with E-state index in [0.29, 0.717) is 12.6 Å². The molecular formula is C15H19F3N2O3S. The summed E-state index contributed by atoms with van der Waals surface area (Å²) in [5, 5.41) is 0. The molecule has 1 aromatic carbocycles.